The third-order valence-electron chi connectivity index (χ3n) is 3.96. The van der Waals surface area contributed by atoms with E-state index in [1.54, 1.807) is 16.2 Å². The Balaban J connectivity index is 1.66. The van der Waals surface area contributed by atoms with Gasteiger partial charge < -0.3 is 14.1 Å². The van der Waals surface area contributed by atoms with Gasteiger partial charge in [-0.1, -0.05) is 13.8 Å². The average Bonchev–Trinajstić information content (AvgIpc) is 3.15. The number of thiazole rings is 1. The van der Waals surface area contributed by atoms with Gasteiger partial charge in [0.2, 0.25) is 17.7 Å². The number of carbonyl (C=O) groups is 1. The molecule has 1 atom stereocenters. The number of nitrogens with zero attached hydrogens (tertiary/aromatic N) is 4. The summed E-state index contributed by atoms with van der Waals surface area (Å²) in [6.07, 6.45) is -0.0368. The van der Waals surface area contributed by atoms with Crippen LogP contribution >= 0.6 is 11.3 Å². The first-order chi connectivity index (χ1) is 11.4. The lowest BCUT2D eigenvalue weighted by molar-refractivity contribution is -0.139. The third-order valence-corrected chi connectivity index (χ3v) is 4.89. The van der Waals surface area contributed by atoms with Crippen LogP contribution in [-0.4, -0.2) is 45.7 Å². The molecule has 3 heterocycles. The topological polar surface area (TPSA) is 81.4 Å². The van der Waals surface area contributed by atoms with Gasteiger partial charge in [0.05, 0.1) is 30.3 Å². The highest BCUT2D eigenvalue weighted by molar-refractivity contribution is 7.11. The van der Waals surface area contributed by atoms with Gasteiger partial charge in [0.1, 0.15) is 0 Å². The summed E-state index contributed by atoms with van der Waals surface area (Å²) in [4.78, 5) is 19.9. The van der Waals surface area contributed by atoms with Gasteiger partial charge in [-0.3, -0.25) is 4.79 Å². The molecule has 0 radical (unpaired) electrons. The maximum absolute atomic E-state index is 12.6. The Hall–Kier alpha value is -1.80. The van der Waals surface area contributed by atoms with Crippen LogP contribution in [0, 0.1) is 13.8 Å². The monoisotopic (exact) mass is 350 g/mol. The van der Waals surface area contributed by atoms with Crippen molar-refractivity contribution in [1.29, 1.82) is 0 Å². The van der Waals surface area contributed by atoms with E-state index >= 15 is 0 Å². The van der Waals surface area contributed by atoms with Crippen LogP contribution in [0.25, 0.3) is 0 Å². The highest BCUT2D eigenvalue weighted by Crippen LogP contribution is 2.24. The van der Waals surface area contributed by atoms with E-state index in [0.717, 1.165) is 15.6 Å². The van der Waals surface area contributed by atoms with Gasteiger partial charge in [-0.25, -0.2) is 4.98 Å². The first-order valence-corrected chi connectivity index (χ1v) is 8.91. The molecule has 0 unspecified atom stereocenters. The van der Waals surface area contributed by atoms with Crippen molar-refractivity contribution in [3.8, 4) is 0 Å². The van der Waals surface area contributed by atoms with Crippen LogP contribution in [0.5, 0.6) is 0 Å². The number of aryl methyl sites for hydroxylation is 2. The maximum Gasteiger partial charge on any atom is 0.247 e. The Morgan fingerprint density at radius 3 is 2.79 bits per heavy atom. The minimum atomic E-state index is -0.360. The van der Waals surface area contributed by atoms with E-state index in [0.29, 0.717) is 37.9 Å². The zero-order valence-corrected chi connectivity index (χ0v) is 15.2. The summed E-state index contributed by atoms with van der Waals surface area (Å²) in [7, 11) is 0. The van der Waals surface area contributed by atoms with Crippen LogP contribution in [0.2, 0.25) is 0 Å². The van der Waals surface area contributed by atoms with Gasteiger partial charge in [-0.15, -0.1) is 21.5 Å². The normalized spacial score (nSPS) is 18.4. The first-order valence-electron chi connectivity index (χ1n) is 8.09. The van der Waals surface area contributed by atoms with Gasteiger partial charge in [-0.2, -0.15) is 0 Å². The highest BCUT2D eigenvalue weighted by Gasteiger charge is 2.30. The molecule has 24 heavy (non-hydrogen) atoms. The van der Waals surface area contributed by atoms with E-state index in [1.807, 2.05) is 27.7 Å². The molecule has 0 bridgehead atoms. The predicted molar refractivity (Wildman–Crippen MR) is 89.0 cm³/mol. The highest BCUT2D eigenvalue weighted by atomic mass is 32.1. The van der Waals surface area contributed by atoms with E-state index in [9.17, 15) is 4.79 Å². The number of aromatic nitrogens is 3. The largest absolute Gasteiger partial charge is 0.422 e. The second kappa shape index (κ2) is 6.98. The molecule has 1 aliphatic rings. The van der Waals surface area contributed by atoms with E-state index < -0.39 is 0 Å². The number of rotatable bonds is 4. The number of hydrogen-bond donors (Lipinski definition) is 0. The van der Waals surface area contributed by atoms with Crippen molar-refractivity contribution in [2.45, 2.75) is 46.1 Å². The molecule has 8 heteroatoms. The Morgan fingerprint density at radius 2 is 2.17 bits per heavy atom. The summed E-state index contributed by atoms with van der Waals surface area (Å²) in [5.74, 6) is 1.26. The van der Waals surface area contributed by atoms with Crippen LogP contribution in [-0.2, 0) is 16.0 Å². The fourth-order valence-electron chi connectivity index (χ4n) is 2.63. The van der Waals surface area contributed by atoms with Gasteiger partial charge >= 0.3 is 0 Å². The molecule has 0 aliphatic carbocycles. The SMILES string of the molecule is Cc1nc(CC(=O)N2CCO[C@H](c3nnc(C(C)C)o3)C2)c(C)s1. The number of ether oxygens (including phenoxy) is 1. The number of morpholine rings is 1. The van der Waals surface area contributed by atoms with E-state index in [4.69, 9.17) is 9.15 Å². The van der Waals surface area contributed by atoms with Crippen LogP contribution in [0.4, 0.5) is 0 Å². The van der Waals surface area contributed by atoms with Gasteiger partial charge in [0.15, 0.2) is 6.10 Å². The molecule has 7 nitrogen and oxygen atoms in total. The van der Waals surface area contributed by atoms with Crippen molar-refractivity contribution in [2.24, 2.45) is 0 Å². The molecule has 0 spiro atoms. The molecule has 2 aromatic rings. The van der Waals surface area contributed by atoms with Crippen molar-refractivity contribution in [3.63, 3.8) is 0 Å². The zero-order valence-electron chi connectivity index (χ0n) is 14.4. The van der Waals surface area contributed by atoms with Gasteiger partial charge in [0, 0.05) is 17.3 Å². The van der Waals surface area contributed by atoms with Crippen LogP contribution in [0.1, 0.15) is 53.2 Å². The zero-order chi connectivity index (χ0) is 17.3. The van der Waals surface area contributed by atoms with Gasteiger partial charge in [-0.05, 0) is 13.8 Å². The molecule has 3 rings (SSSR count). The Kier molecular flexibility index (Phi) is 4.96. The lowest BCUT2D eigenvalue weighted by atomic mass is 10.2. The molecule has 0 aromatic carbocycles. The predicted octanol–water partition coefficient (Wildman–Crippen LogP) is 2.41. The number of hydrogen-bond acceptors (Lipinski definition) is 7. The van der Waals surface area contributed by atoms with Crippen LogP contribution in [0.3, 0.4) is 0 Å². The van der Waals surface area contributed by atoms with Crippen molar-refractivity contribution >= 4 is 17.2 Å². The quantitative estimate of drug-likeness (QED) is 0.842. The Labute approximate surface area is 145 Å². The molecule has 2 aromatic heterocycles. The van der Waals surface area contributed by atoms with Crippen molar-refractivity contribution in [3.05, 3.63) is 27.4 Å². The summed E-state index contributed by atoms with van der Waals surface area (Å²) in [6, 6.07) is 0. The third kappa shape index (κ3) is 3.64. The van der Waals surface area contributed by atoms with E-state index in [2.05, 4.69) is 15.2 Å². The molecule has 0 N–H and O–H groups in total. The molecular formula is C16H22N4O3S. The molecule has 130 valence electrons. The smallest absolute Gasteiger partial charge is 0.247 e. The lowest BCUT2D eigenvalue weighted by Gasteiger charge is -2.31. The Morgan fingerprint density at radius 1 is 1.38 bits per heavy atom. The fourth-order valence-corrected chi connectivity index (χ4v) is 3.46. The van der Waals surface area contributed by atoms with Crippen molar-refractivity contribution < 1.29 is 13.9 Å². The van der Waals surface area contributed by atoms with Gasteiger partial charge in [0.25, 0.3) is 0 Å². The van der Waals surface area contributed by atoms with Crippen molar-refractivity contribution in [2.75, 3.05) is 19.7 Å². The fraction of sp³-hybridized carbons (Fsp3) is 0.625. The molecule has 0 saturated carbocycles. The number of carbonyl (C=O) groups excluding carboxylic acids is 1. The van der Waals surface area contributed by atoms with E-state index in [-0.39, 0.29) is 17.9 Å². The summed E-state index contributed by atoms with van der Waals surface area (Å²) in [5, 5.41) is 9.09. The molecule has 1 aliphatic heterocycles. The summed E-state index contributed by atoms with van der Waals surface area (Å²) >= 11 is 1.62. The van der Waals surface area contributed by atoms with E-state index in [1.165, 1.54) is 0 Å². The molecule has 1 saturated heterocycles. The average molecular weight is 350 g/mol. The Bertz CT molecular complexity index is 725. The second-order valence-electron chi connectivity index (χ2n) is 6.24. The lowest BCUT2D eigenvalue weighted by Crippen LogP contribution is -2.43. The summed E-state index contributed by atoms with van der Waals surface area (Å²) < 4.78 is 11.4. The molecule has 1 amide bonds. The first kappa shape index (κ1) is 17.0. The minimum Gasteiger partial charge on any atom is -0.422 e. The van der Waals surface area contributed by atoms with Crippen LogP contribution in [0.15, 0.2) is 4.42 Å². The van der Waals surface area contributed by atoms with Crippen molar-refractivity contribution in [1.82, 2.24) is 20.1 Å². The maximum atomic E-state index is 12.6. The molecule has 1 fully saturated rings. The summed E-state index contributed by atoms with van der Waals surface area (Å²) in [6.45, 7) is 9.41. The number of amides is 1. The summed E-state index contributed by atoms with van der Waals surface area (Å²) in [5.41, 5.74) is 0.866. The standard InChI is InChI=1S/C16H22N4O3S/c1-9(2)15-18-19-16(23-15)13-8-20(5-6-22-13)14(21)7-12-10(3)24-11(4)17-12/h9,13H,5-8H2,1-4H3/t13-/m0/s1. The van der Waals surface area contributed by atoms with Crippen LogP contribution < -0.4 is 0 Å². The molecular weight excluding hydrogens is 328 g/mol. The minimum absolute atomic E-state index is 0.0558. The second-order valence-corrected chi connectivity index (χ2v) is 7.65.